The highest BCUT2D eigenvalue weighted by molar-refractivity contribution is 5.34. The molecule has 1 unspecified atom stereocenters. The lowest BCUT2D eigenvalue weighted by molar-refractivity contribution is -0.0580. The molecule has 1 atom stereocenters. The van der Waals surface area contributed by atoms with E-state index >= 15 is 0 Å². The molecule has 1 aromatic rings. The summed E-state index contributed by atoms with van der Waals surface area (Å²) in [6, 6.07) is 5.16. The zero-order valence-electron chi connectivity index (χ0n) is 9.69. The van der Waals surface area contributed by atoms with Gasteiger partial charge in [0.15, 0.2) is 0 Å². The molecule has 0 saturated carbocycles. The fourth-order valence-corrected chi connectivity index (χ4v) is 2.37. The largest absolute Gasteiger partial charge is 0.316 e. The van der Waals surface area contributed by atoms with Gasteiger partial charge >= 0.3 is 0 Å². The van der Waals surface area contributed by atoms with Gasteiger partial charge < -0.3 is 5.32 Å². The van der Waals surface area contributed by atoms with Crippen LogP contribution in [0.3, 0.4) is 0 Å². The second-order valence-electron chi connectivity index (χ2n) is 4.63. The van der Waals surface area contributed by atoms with E-state index in [1.807, 2.05) is 13.0 Å². The maximum atomic E-state index is 14.2. The van der Waals surface area contributed by atoms with Crippen LogP contribution in [0.2, 0.25) is 0 Å². The van der Waals surface area contributed by atoms with Gasteiger partial charge in [0.25, 0.3) is 5.92 Å². The summed E-state index contributed by atoms with van der Waals surface area (Å²) in [5.41, 5.74) is 1.91. The molecule has 1 aliphatic heterocycles. The maximum absolute atomic E-state index is 14.2. The molecule has 16 heavy (non-hydrogen) atoms. The van der Waals surface area contributed by atoms with Gasteiger partial charge in [-0.2, -0.15) is 0 Å². The lowest BCUT2D eigenvalue weighted by Crippen LogP contribution is -2.28. The molecule has 1 saturated heterocycles. The second kappa shape index (κ2) is 4.13. The Morgan fingerprint density at radius 2 is 2.06 bits per heavy atom. The van der Waals surface area contributed by atoms with E-state index in [1.165, 1.54) is 0 Å². The van der Waals surface area contributed by atoms with Crippen molar-refractivity contribution in [2.24, 2.45) is 5.92 Å². The monoisotopic (exact) mass is 225 g/mol. The van der Waals surface area contributed by atoms with Crippen molar-refractivity contribution < 1.29 is 8.78 Å². The molecule has 1 aliphatic rings. The Hall–Kier alpha value is -0.960. The molecule has 0 spiro atoms. The molecule has 0 aliphatic carbocycles. The normalized spacial score (nSPS) is 21.4. The third kappa shape index (κ3) is 1.96. The van der Waals surface area contributed by atoms with Gasteiger partial charge in [0.05, 0.1) is 0 Å². The average molecular weight is 225 g/mol. The van der Waals surface area contributed by atoms with E-state index in [0.29, 0.717) is 25.1 Å². The van der Waals surface area contributed by atoms with Crippen molar-refractivity contribution in [1.82, 2.24) is 5.32 Å². The number of benzene rings is 1. The van der Waals surface area contributed by atoms with Crippen molar-refractivity contribution >= 4 is 0 Å². The Morgan fingerprint density at radius 3 is 2.62 bits per heavy atom. The third-order valence-corrected chi connectivity index (χ3v) is 3.31. The number of hydrogen-bond acceptors (Lipinski definition) is 1. The average Bonchev–Trinajstić information content (AvgIpc) is 2.69. The molecule has 0 amide bonds. The summed E-state index contributed by atoms with van der Waals surface area (Å²) in [4.78, 5) is 0. The van der Waals surface area contributed by atoms with Crippen LogP contribution in [0.1, 0.15) is 23.1 Å². The molecule has 0 radical (unpaired) electrons. The summed E-state index contributed by atoms with van der Waals surface area (Å²) < 4.78 is 28.4. The van der Waals surface area contributed by atoms with Crippen molar-refractivity contribution in [3.8, 4) is 0 Å². The molecule has 1 heterocycles. The van der Waals surface area contributed by atoms with Crippen molar-refractivity contribution in [3.63, 3.8) is 0 Å². The van der Waals surface area contributed by atoms with E-state index < -0.39 is 11.8 Å². The molecule has 1 nitrogen and oxygen atoms in total. The van der Waals surface area contributed by atoms with Gasteiger partial charge in [-0.1, -0.05) is 23.8 Å². The summed E-state index contributed by atoms with van der Waals surface area (Å²) in [6.07, 6.45) is 0.556. The number of alkyl halides is 2. The molecule has 0 aromatic heterocycles. The van der Waals surface area contributed by atoms with Gasteiger partial charge in [0.2, 0.25) is 0 Å². The first-order valence-electron chi connectivity index (χ1n) is 5.68. The van der Waals surface area contributed by atoms with Crippen LogP contribution in [-0.4, -0.2) is 13.1 Å². The van der Waals surface area contributed by atoms with E-state index in [0.717, 1.165) is 5.56 Å². The van der Waals surface area contributed by atoms with Crippen LogP contribution in [0.25, 0.3) is 0 Å². The van der Waals surface area contributed by atoms with Gasteiger partial charge in [0.1, 0.15) is 0 Å². The van der Waals surface area contributed by atoms with E-state index in [1.54, 1.807) is 19.1 Å². The Bertz CT molecular complexity index is 382. The first kappa shape index (κ1) is 11.5. The van der Waals surface area contributed by atoms with E-state index in [4.69, 9.17) is 0 Å². The number of rotatable bonds is 2. The lowest BCUT2D eigenvalue weighted by Gasteiger charge is -2.24. The highest BCUT2D eigenvalue weighted by Crippen LogP contribution is 2.40. The molecular weight excluding hydrogens is 208 g/mol. The fourth-order valence-electron chi connectivity index (χ4n) is 2.37. The summed E-state index contributed by atoms with van der Waals surface area (Å²) in [5.74, 6) is -3.27. The molecule has 88 valence electrons. The van der Waals surface area contributed by atoms with Crippen molar-refractivity contribution in [1.29, 1.82) is 0 Å². The van der Waals surface area contributed by atoms with Crippen LogP contribution in [0.15, 0.2) is 18.2 Å². The summed E-state index contributed by atoms with van der Waals surface area (Å²) >= 11 is 0. The quantitative estimate of drug-likeness (QED) is 0.815. The highest BCUT2D eigenvalue weighted by Gasteiger charge is 2.43. The first-order chi connectivity index (χ1) is 7.51. The molecule has 3 heteroatoms. The van der Waals surface area contributed by atoms with Gasteiger partial charge in [0, 0.05) is 18.0 Å². The predicted molar refractivity (Wildman–Crippen MR) is 60.8 cm³/mol. The predicted octanol–water partition coefficient (Wildman–Crippen LogP) is 3.00. The van der Waals surface area contributed by atoms with Crippen molar-refractivity contribution in [2.75, 3.05) is 13.1 Å². The van der Waals surface area contributed by atoms with Crippen LogP contribution in [0, 0.1) is 19.8 Å². The molecular formula is C13H17F2N. The molecule has 1 fully saturated rings. The molecule has 1 aromatic carbocycles. The van der Waals surface area contributed by atoms with E-state index in [-0.39, 0.29) is 5.56 Å². The number of nitrogens with one attached hydrogen (secondary N) is 1. The van der Waals surface area contributed by atoms with Crippen LogP contribution >= 0.6 is 0 Å². The fraction of sp³-hybridized carbons (Fsp3) is 0.538. The Labute approximate surface area is 94.9 Å². The molecule has 0 bridgehead atoms. The van der Waals surface area contributed by atoms with Crippen molar-refractivity contribution in [3.05, 3.63) is 34.9 Å². The van der Waals surface area contributed by atoms with Gasteiger partial charge in [-0.25, -0.2) is 8.78 Å². The number of halogens is 2. The third-order valence-electron chi connectivity index (χ3n) is 3.31. The molecule has 1 N–H and O–H groups in total. The number of hydrogen-bond donors (Lipinski definition) is 1. The second-order valence-corrected chi connectivity index (χ2v) is 4.63. The zero-order valence-corrected chi connectivity index (χ0v) is 9.69. The Morgan fingerprint density at radius 1 is 1.31 bits per heavy atom. The minimum absolute atomic E-state index is 0.187. The van der Waals surface area contributed by atoms with Gasteiger partial charge in [-0.3, -0.25) is 0 Å². The van der Waals surface area contributed by atoms with Gasteiger partial charge in [-0.15, -0.1) is 0 Å². The first-order valence-corrected chi connectivity index (χ1v) is 5.68. The maximum Gasteiger partial charge on any atom is 0.277 e. The van der Waals surface area contributed by atoms with E-state index in [9.17, 15) is 8.78 Å². The van der Waals surface area contributed by atoms with Crippen LogP contribution in [0.5, 0.6) is 0 Å². The van der Waals surface area contributed by atoms with Crippen LogP contribution < -0.4 is 5.32 Å². The Kier molecular flexibility index (Phi) is 2.98. The summed E-state index contributed by atoms with van der Waals surface area (Å²) in [6.45, 7) is 4.80. The van der Waals surface area contributed by atoms with Crippen LogP contribution in [0.4, 0.5) is 8.78 Å². The minimum Gasteiger partial charge on any atom is -0.316 e. The standard InChI is InChI=1S/C13H17F2N/c1-9-3-4-12(10(2)7-9)13(14,15)11-5-6-16-8-11/h3-4,7,11,16H,5-6,8H2,1-2H3. The van der Waals surface area contributed by atoms with Crippen molar-refractivity contribution in [2.45, 2.75) is 26.2 Å². The van der Waals surface area contributed by atoms with Gasteiger partial charge in [-0.05, 0) is 32.4 Å². The Balaban J connectivity index is 2.34. The minimum atomic E-state index is -2.71. The SMILES string of the molecule is Cc1ccc(C(F)(F)C2CCNC2)c(C)c1. The highest BCUT2D eigenvalue weighted by atomic mass is 19.3. The number of aryl methyl sites for hydroxylation is 2. The summed E-state index contributed by atoms with van der Waals surface area (Å²) in [5, 5.41) is 3.00. The lowest BCUT2D eigenvalue weighted by atomic mass is 9.90. The topological polar surface area (TPSA) is 12.0 Å². The van der Waals surface area contributed by atoms with Crippen LogP contribution in [-0.2, 0) is 5.92 Å². The van der Waals surface area contributed by atoms with E-state index in [2.05, 4.69) is 5.32 Å². The molecule has 2 rings (SSSR count). The zero-order chi connectivity index (χ0) is 11.8. The summed E-state index contributed by atoms with van der Waals surface area (Å²) in [7, 11) is 0. The smallest absolute Gasteiger partial charge is 0.277 e.